The molecule has 0 saturated carbocycles. The van der Waals surface area contributed by atoms with Crippen LogP contribution in [0.4, 0.5) is 0 Å². The van der Waals surface area contributed by atoms with Crippen LogP contribution < -0.4 is 5.32 Å². The van der Waals surface area contributed by atoms with Crippen molar-refractivity contribution in [3.8, 4) is 10.4 Å². The van der Waals surface area contributed by atoms with Crippen molar-refractivity contribution in [3.05, 3.63) is 29.4 Å². The number of nitrogens with one attached hydrogen (secondary N) is 1. The number of rotatable bonds is 6. The average molecular weight is 318 g/mol. The first-order valence-corrected chi connectivity index (χ1v) is 8.61. The van der Waals surface area contributed by atoms with Crippen molar-refractivity contribution in [2.24, 2.45) is 7.05 Å². The molecular weight excluding hydrogens is 296 g/mol. The summed E-state index contributed by atoms with van der Waals surface area (Å²) in [6, 6.07) is 4.24. The molecule has 1 amide bonds. The van der Waals surface area contributed by atoms with Crippen LogP contribution in [-0.4, -0.2) is 33.7 Å². The van der Waals surface area contributed by atoms with Gasteiger partial charge in [0, 0.05) is 35.1 Å². The van der Waals surface area contributed by atoms with Gasteiger partial charge < -0.3 is 5.32 Å². The Hall–Kier alpha value is -1.66. The quantitative estimate of drug-likeness (QED) is 0.833. The van der Waals surface area contributed by atoms with Crippen LogP contribution in [0.15, 0.2) is 24.5 Å². The van der Waals surface area contributed by atoms with E-state index in [9.17, 15) is 4.79 Å². The Morgan fingerprint density at radius 2 is 2.27 bits per heavy atom. The van der Waals surface area contributed by atoms with Gasteiger partial charge in [-0.3, -0.25) is 14.4 Å². The topological polar surface area (TPSA) is 50.2 Å². The minimum atomic E-state index is 0.0276. The number of carbonyl (C=O) groups excluding carboxylic acids is 1. The molecule has 0 spiro atoms. The summed E-state index contributed by atoms with van der Waals surface area (Å²) in [4.78, 5) is 16.4. The standard InChI is InChI=1S/C16H22N4OS/c1-3-4-5-8-20-11-15(21)18-16(20)14-7-6-13(22-14)12-9-17-19(2)10-12/h6-7,9-10,16H,3-5,8,11H2,1-2H3,(H,18,21). The van der Waals surface area contributed by atoms with Gasteiger partial charge in [0.05, 0.1) is 12.7 Å². The lowest BCUT2D eigenvalue weighted by Crippen LogP contribution is -2.27. The van der Waals surface area contributed by atoms with E-state index in [0.29, 0.717) is 6.54 Å². The smallest absolute Gasteiger partial charge is 0.235 e. The maximum atomic E-state index is 11.8. The molecule has 0 aliphatic carbocycles. The van der Waals surface area contributed by atoms with E-state index in [1.54, 1.807) is 11.3 Å². The molecule has 3 heterocycles. The van der Waals surface area contributed by atoms with E-state index in [4.69, 9.17) is 0 Å². The number of thiophene rings is 1. The highest BCUT2D eigenvalue weighted by Gasteiger charge is 2.31. The van der Waals surface area contributed by atoms with Crippen LogP contribution in [0, 0.1) is 0 Å². The number of amides is 1. The summed E-state index contributed by atoms with van der Waals surface area (Å²) in [6.45, 7) is 3.68. The zero-order valence-corrected chi connectivity index (χ0v) is 13.9. The lowest BCUT2D eigenvalue weighted by Gasteiger charge is -2.21. The summed E-state index contributed by atoms with van der Waals surface area (Å²) in [5.41, 5.74) is 1.13. The summed E-state index contributed by atoms with van der Waals surface area (Å²) in [5.74, 6) is 0.123. The molecule has 5 nitrogen and oxygen atoms in total. The molecule has 6 heteroatoms. The Labute approximate surface area is 134 Å². The molecule has 3 rings (SSSR count). The zero-order chi connectivity index (χ0) is 15.5. The van der Waals surface area contributed by atoms with Crippen molar-refractivity contribution in [2.75, 3.05) is 13.1 Å². The molecule has 2 aromatic rings. The van der Waals surface area contributed by atoms with Gasteiger partial charge in [0.15, 0.2) is 0 Å². The van der Waals surface area contributed by atoms with Gasteiger partial charge in [-0.25, -0.2) is 0 Å². The highest BCUT2D eigenvalue weighted by atomic mass is 32.1. The Morgan fingerprint density at radius 1 is 1.41 bits per heavy atom. The number of unbranched alkanes of at least 4 members (excludes halogenated alkanes) is 2. The van der Waals surface area contributed by atoms with Crippen LogP contribution >= 0.6 is 11.3 Å². The van der Waals surface area contributed by atoms with Gasteiger partial charge in [-0.15, -0.1) is 11.3 Å². The van der Waals surface area contributed by atoms with E-state index in [-0.39, 0.29) is 12.1 Å². The van der Waals surface area contributed by atoms with Gasteiger partial charge >= 0.3 is 0 Å². The normalized spacial score (nSPS) is 18.8. The van der Waals surface area contributed by atoms with E-state index in [2.05, 4.69) is 34.4 Å². The molecule has 1 aliphatic heterocycles. The maximum Gasteiger partial charge on any atom is 0.235 e. The number of aromatic nitrogens is 2. The van der Waals surface area contributed by atoms with Crippen molar-refractivity contribution in [2.45, 2.75) is 32.4 Å². The highest BCUT2D eigenvalue weighted by molar-refractivity contribution is 7.15. The second kappa shape index (κ2) is 6.62. The van der Waals surface area contributed by atoms with Crippen LogP contribution in [0.2, 0.25) is 0 Å². The molecule has 118 valence electrons. The van der Waals surface area contributed by atoms with Crippen molar-refractivity contribution >= 4 is 17.2 Å². The largest absolute Gasteiger partial charge is 0.335 e. The first kappa shape index (κ1) is 15.2. The Bertz CT molecular complexity index is 648. The summed E-state index contributed by atoms with van der Waals surface area (Å²) < 4.78 is 1.81. The number of aryl methyl sites for hydroxylation is 1. The van der Waals surface area contributed by atoms with Gasteiger partial charge in [0.25, 0.3) is 0 Å². The van der Waals surface area contributed by atoms with Crippen molar-refractivity contribution < 1.29 is 4.79 Å². The lowest BCUT2D eigenvalue weighted by molar-refractivity contribution is -0.118. The molecule has 1 aliphatic rings. The molecule has 0 aromatic carbocycles. The lowest BCUT2D eigenvalue weighted by atomic mass is 10.2. The summed E-state index contributed by atoms with van der Waals surface area (Å²) in [6.07, 6.45) is 7.47. The third-order valence-corrected chi connectivity index (χ3v) is 5.13. The molecule has 22 heavy (non-hydrogen) atoms. The summed E-state index contributed by atoms with van der Waals surface area (Å²) >= 11 is 1.73. The van der Waals surface area contributed by atoms with Crippen LogP contribution in [-0.2, 0) is 11.8 Å². The van der Waals surface area contributed by atoms with Gasteiger partial charge in [-0.05, 0) is 18.6 Å². The van der Waals surface area contributed by atoms with Gasteiger partial charge in [-0.1, -0.05) is 19.8 Å². The van der Waals surface area contributed by atoms with Gasteiger partial charge in [0.1, 0.15) is 6.17 Å². The summed E-state index contributed by atoms with van der Waals surface area (Å²) in [5, 5.41) is 7.31. The fourth-order valence-corrected chi connectivity index (χ4v) is 3.86. The second-order valence-electron chi connectivity index (χ2n) is 5.75. The van der Waals surface area contributed by atoms with Crippen molar-refractivity contribution in [1.29, 1.82) is 0 Å². The van der Waals surface area contributed by atoms with E-state index >= 15 is 0 Å². The first-order valence-electron chi connectivity index (χ1n) is 7.79. The van der Waals surface area contributed by atoms with E-state index in [0.717, 1.165) is 18.5 Å². The Kier molecular flexibility index (Phi) is 4.59. The molecule has 1 unspecified atom stereocenters. The number of carbonyl (C=O) groups is 1. The minimum Gasteiger partial charge on any atom is -0.335 e. The minimum absolute atomic E-state index is 0.0276. The fourth-order valence-electron chi connectivity index (χ4n) is 2.79. The predicted octanol–water partition coefficient (Wildman–Crippen LogP) is 2.77. The van der Waals surface area contributed by atoms with Crippen molar-refractivity contribution in [1.82, 2.24) is 20.0 Å². The Morgan fingerprint density at radius 3 is 3.00 bits per heavy atom. The molecule has 0 radical (unpaired) electrons. The van der Waals surface area contributed by atoms with Crippen LogP contribution in [0.25, 0.3) is 10.4 Å². The third-order valence-electron chi connectivity index (χ3n) is 3.94. The molecule has 2 aromatic heterocycles. The molecule has 1 fully saturated rings. The number of hydrogen-bond donors (Lipinski definition) is 1. The SMILES string of the molecule is CCCCCN1CC(=O)NC1c1ccc(-c2cnn(C)c2)s1. The zero-order valence-electron chi connectivity index (χ0n) is 13.1. The maximum absolute atomic E-state index is 11.8. The number of hydrogen-bond acceptors (Lipinski definition) is 4. The monoisotopic (exact) mass is 318 g/mol. The number of nitrogens with zero attached hydrogens (tertiary/aromatic N) is 3. The van der Waals surface area contributed by atoms with E-state index in [1.165, 1.54) is 22.6 Å². The van der Waals surface area contributed by atoms with Crippen LogP contribution in [0.3, 0.4) is 0 Å². The molecule has 1 saturated heterocycles. The second-order valence-corrected chi connectivity index (χ2v) is 6.87. The Balaban J connectivity index is 1.74. The predicted molar refractivity (Wildman–Crippen MR) is 88.5 cm³/mol. The average Bonchev–Trinajstić information content (AvgIpc) is 3.18. The molecule has 0 bridgehead atoms. The molecular formula is C16H22N4OS. The summed E-state index contributed by atoms with van der Waals surface area (Å²) in [7, 11) is 1.92. The van der Waals surface area contributed by atoms with Gasteiger partial charge in [0.2, 0.25) is 5.91 Å². The van der Waals surface area contributed by atoms with E-state index < -0.39 is 0 Å². The first-order chi connectivity index (χ1) is 10.7. The van der Waals surface area contributed by atoms with E-state index in [1.807, 2.05) is 24.1 Å². The highest BCUT2D eigenvalue weighted by Crippen LogP contribution is 2.34. The molecule has 1 N–H and O–H groups in total. The fraction of sp³-hybridized carbons (Fsp3) is 0.500. The van der Waals surface area contributed by atoms with Crippen LogP contribution in [0.5, 0.6) is 0 Å². The van der Waals surface area contributed by atoms with Crippen LogP contribution in [0.1, 0.15) is 37.2 Å². The van der Waals surface area contributed by atoms with Gasteiger partial charge in [-0.2, -0.15) is 5.10 Å². The van der Waals surface area contributed by atoms with Crippen molar-refractivity contribution in [3.63, 3.8) is 0 Å². The third kappa shape index (κ3) is 3.23. The molecule has 1 atom stereocenters.